The molecule has 0 fully saturated rings. The monoisotopic (exact) mass is 351 g/mol. The van der Waals surface area contributed by atoms with Crippen LogP contribution in [0.25, 0.3) is 0 Å². The summed E-state index contributed by atoms with van der Waals surface area (Å²) in [5, 5.41) is 2.77. The second-order valence-corrected chi connectivity index (χ2v) is 5.39. The largest absolute Gasteiger partial charge is 0.496 e. The fourth-order valence-corrected chi connectivity index (χ4v) is 2.47. The molecule has 0 saturated carbocycles. The molecular formula is C16H15BrFNO2. The van der Waals surface area contributed by atoms with E-state index in [2.05, 4.69) is 21.2 Å². The Kier molecular flexibility index (Phi) is 5.33. The van der Waals surface area contributed by atoms with E-state index in [9.17, 15) is 9.18 Å². The van der Waals surface area contributed by atoms with E-state index < -0.39 is 5.82 Å². The molecule has 0 heterocycles. The van der Waals surface area contributed by atoms with Gasteiger partial charge in [-0.1, -0.05) is 34.1 Å². The molecule has 0 atom stereocenters. The van der Waals surface area contributed by atoms with Crippen LogP contribution in [0.15, 0.2) is 46.9 Å². The third kappa shape index (κ3) is 4.29. The maximum atomic E-state index is 13.2. The zero-order valence-electron chi connectivity index (χ0n) is 11.5. The minimum Gasteiger partial charge on any atom is -0.496 e. The molecule has 0 saturated heterocycles. The van der Waals surface area contributed by atoms with Crippen LogP contribution in [0.1, 0.15) is 15.9 Å². The van der Waals surface area contributed by atoms with Crippen molar-refractivity contribution in [2.45, 2.75) is 6.42 Å². The van der Waals surface area contributed by atoms with Crippen molar-refractivity contribution in [2.24, 2.45) is 0 Å². The Balaban J connectivity index is 1.95. The van der Waals surface area contributed by atoms with E-state index in [1.165, 1.54) is 12.1 Å². The van der Waals surface area contributed by atoms with Crippen molar-refractivity contribution in [3.05, 3.63) is 63.9 Å². The number of methoxy groups -OCH3 is 1. The van der Waals surface area contributed by atoms with Crippen molar-refractivity contribution in [2.75, 3.05) is 13.7 Å². The van der Waals surface area contributed by atoms with Crippen LogP contribution in [-0.4, -0.2) is 19.6 Å². The van der Waals surface area contributed by atoms with E-state index in [1.54, 1.807) is 13.2 Å². The SMILES string of the molecule is COc1ccccc1CCNC(=O)c1cc(F)cc(Br)c1. The molecule has 0 aliphatic carbocycles. The first-order valence-electron chi connectivity index (χ1n) is 6.46. The Labute approximate surface area is 131 Å². The Morgan fingerprint density at radius 2 is 2.05 bits per heavy atom. The van der Waals surface area contributed by atoms with Crippen molar-refractivity contribution < 1.29 is 13.9 Å². The summed E-state index contributed by atoms with van der Waals surface area (Å²) < 4.78 is 19.0. The van der Waals surface area contributed by atoms with E-state index in [1.807, 2.05) is 24.3 Å². The van der Waals surface area contributed by atoms with Crippen molar-refractivity contribution in [3.63, 3.8) is 0 Å². The highest BCUT2D eigenvalue weighted by Gasteiger charge is 2.08. The van der Waals surface area contributed by atoms with Gasteiger partial charge in [0.2, 0.25) is 0 Å². The summed E-state index contributed by atoms with van der Waals surface area (Å²) >= 11 is 3.17. The standard InChI is InChI=1S/C16H15BrFNO2/c1-21-15-5-3-2-4-11(15)6-7-19-16(20)12-8-13(17)10-14(18)9-12/h2-5,8-10H,6-7H2,1H3,(H,19,20). The number of para-hydroxylation sites is 1. The second-order valence-electron chi connectivity index (χ2n) is 4.48. The lowest BCUT2D eigenvalue weighted by molar-refractivity contribution is 0.0953. The van der Waals surface area contributed by atoms with Crippen LogP contribution in [0, 0.1) is 5.82 Å². The van der Waals surface area contributed by atoms with Gasteiger partial charge in [-0.15, -0.1) is 0 Å². The molecule has 5 heteroatoms. The van der Waals surface area contributed by atoms with Gasteiger partial charge in [0.25, 0.3) is 5.91 Å². The molecule has 0 unspecified atom stereocenters. The van der Waals surface area contributed by atoms with Crippen LogP contribution in [0.3, 0.4) is 0 Å². The van der Waals surface area contributed by atoms with Crippen LogP contribution in [0.4, 0.5) is 4.39 Å². The number of ether oxygens (including phenoxy) is 1. The number of carbonyl (C=O) groups is 1. The average molecular weight is 352 g/mol. The number of carbonyl (C=O) groups excluding carboxylic acids is 1. The maximum Gasteiger partial charge on any atom is 0.251 e. The fraction of sp³-hybridized carbons (Fsp3) is 0.188. The Hall–Kier alpha value is -1.88. The summed E-state index contributed by atoms with van der Waals surface area (Å²) in [6.45, 7) is 0.452. The number of amides is 1. The highest BCUT2D eigenvalue weighted by atomic mass is 79.9. The van der Waals surface area contributed by atoms with E-state index in [4.69, 9.17) is 4.74 Å². The first kappa shape index (κ1) is 15.5. The topological polar surface area (TPSA) is 38.3 Å². The van der Waals surface area contributed by atoms with Crippen molar-refractivity contribution in [1.82, 2.24) is 5.32 Å². The molecule has 1 amide bonds. The van der Waals surface area contributed by atoms with Crippen molar-refractivity contribution >= 4 is 21.8 Å². The van der Waals surface area contributed by atoms with E-state index in [-0.39, 0.29) is 5.91 Å². The normalized spacial score (nSPS) is 10.2. The highest BCUT2D eigenvalue weighted by molar-refractivity contribution is 9.10. The van der Waals surface area contributed by atoms with Crippen molar-refractivity contribution in [3.8, 4) is 5.75 Å². The quantitative estimate of drug-likeness (QED) is 0.894. The minimum atomic E-state index is -0.445. The predicted molar refractivity (Wildman–Crippen MR) is 83.1 cm³/mol. The summed E-state index contributed by atoms with van der Waals surface area (Å²) in [4.78, 5) is 12.0. The molecule has 1 N–H and O–H groups in total. The first-order valence-corrected chi connectivity index (χ1v) is 7.25. The predicted octanol–water partition coefficient (Wildman–Crippen LogP) is 3.57. The van der Waals surface area contributed by atoms with Gasteiger partial charge in [0.15, 0.2) is 0 Å². The van der Waals surface area contributed by atoms with Gasteiger partial charge in [-0.3, -0.25) is 4.79 Å². The summed E-state index contributed by atoms with van der Waals surface area (Å²) in [6, 6.07) is 11.7. The molecule has 0 aliphatic heterocycles. The summed E-state index contributed by atoms with van der Waals surface area (Å²) in [6.07, 6.45) is 0.645. The third-order valence-electron chi connectivity index (χ3n) is 3.00. The van der Waals surface area contributed by atoms with Gasteiger partial charge in [0.05, 0.1) is 7.11 Å². The van der Waals surface area contributed by atoms with Gasteiger partial charge in [-0.25, -0.2) is 4.39 Å². The van der Waals surface area contributed by atoms with Crippen LogP contribution in [-0.2, 0) is 6.42 Å². The number of halogens is 2. The number of rotatable bonds is 5. The zero-order chi connectivity index (χ0) is 15.2. The van der Waals surface area contributed by atoms with Crippen LogP contribution in [0.5, 0.6) is 5.75 Å². The summed E-state index contributed by atoms with van der Waals surface area (Å²) in [5.74, 6) is 0.0459. The molecule has 2 aromatic carbocycles. The molecule has 2 aromatic rings. The zero-order valence-corrected chi connectivity index (χ0v) is 13.1. The molecular weight excluding hydrogens is 337 g/mol. The van der Waals surface area contributed by atoms with Crippen LogP contribution >= 0.6 is 15.9 Å². The van der Waals surface area contributed by atoms with Crippen molar-refractivity contribution in [1.29, 1.82) is 0 Å². The van der Waals surface area contributed by atoms with Gasteiger partial charge >= 0.3 is 0 Å². The first-order chi connectivity index (χ1) is 10.1. The molecule has 110 valence electrons. The molecule has 0 spiro atoms. The second kappa shape index (κ2) is 7.22. The van der Waals surface area contributed by atoms with Gasteiger partial charge in [0.1, 0.15) is 11.6 Å². The van der Waals surface area contributed by atoms with Gasteiger partial charge < -0.3 is 10.1 Å². The Morgan fingerprint density at radius 1 is 1.29 bits per heavy atom. The molecule has 0 aliphatic rings. The average Bonchev–Trinajstić information content (AvgIpc) is 2.46. The smallest absolute Gasteiger partial charge is 0.251 e. The van der Waals surface area contributed by atoms with Gasteiger partial charge in [-0.2, -0.15) is 0 Å². The third-order valence-corrected chi connectivity index (χ3v) is 3.45. The van der Waals surface area contributed by atoms with E-state index in [0.29, 0.717) is 23.0 Å². The Bertz CT molecular complexity index is 626. The fourth-order valence-electron chi connectivity index (χ4n) is 2.01. The Morgan fingerprint density at radius 3 is 2.76 bits per heavy atom. The lowest BCUT2D eigenvalue weighted by Gasteiger charge is -2.09. The lowest BCUT2D eigenvalue weighted by atomic mass is 10.1. The minimum absolute atomic E-state index is 0.293. The molecule has 3 nitrogen and oxygen atoms in total. The molecule has 0 aromatic heterocycles. The molecule has 21 heavy (non-hydrogen) atoms. The molecule has 0 bridgehead atoms. The van der Waals surface area contributed by atoms with Crippen LogP contribution < -0.4 is 10.1 Å². The van der Waals surface area contributed by atoms with Gasteiger partial charge in [0, 0.05) is 16.6 Å². The summed E-state index contributed by atoms with van der Waals surface area (Å²) in [5.41, 5.74) is 1.31. The van der Waals surface area contributed by atoms with Gasteiger partial charge in [-0.05, 0) is 36.2 Å². The van der Waals surface area contributed by atoms with Crippen LogP contribution in [0.2, 0.25) is 0 Å². The number of nitrogens with one attached hydrogen (secondary N) is 1. The number of hydrogen-bond acceptors (Lipinski definition) is 2. The number of benzene rings is 2. The summed E-state index contributed by atoms with van der Waals surface area (Å²) in [7, 11) is 1.61. The maximum absolute atomic E-state index is 13.2. The highest BCUT2D eigenvalue weighted by Crippen LogP contribution is 2.17. The van der Waals surface area contributed by atoms with E-state index in [0.717, 1.165) is 11.3 Å². The number of hydrogen-bond donors (Lipinski definition) is 1. The molecule has 2 rings (SSSR count). The van der Waals surface area contributed by atoms with E-state index >= 15 is 0 Å². The molecule has 0 radical (unpaired) electrons. The lowest BCUT2D eigenvalue weighted by Crippen LogP contribution is -2.25.